The summed E-state index contributed by atoms with van der Waals surface area (Å²) < 4.78 is 46.7. The molecule has 0 aliphatic carbocycles. The molecule has 0 bridgehead atoms. The van der Waals surface area contributed by atoms with E-state index >= 15 is 0 Å². The van der Waals surface area contributed by atoms with Gasteiger partial charge in [0.05, 0.1) is 5.48 Å². The number of furan rings is 1. The van der Waals surface area contributed by atoms with Crippen molar-refractivity contribution in [3.05, 3.63) is 181 Å². The van der Waals surface area contributed by atoms with Crippen LogP contribution in [-0.2, 0) is 6.54 Å². The Hall–Kier alpha value is -6.16. The number of rotatable bonds is 6. The lowest BCUT2D eigenvalue weighted by atomic mass is 9.98. The molecule has 0 spiro atoms. The van der Waals surface area contributed by atoms with Gasteiger partial charge in [-0.05, 0) is 93.1 Å². The van der Waals surface area contributed by atoms with Gasteiger partial charge >= 0.3 is 0 Å². The fourth-order valence-electron chi connectivity index (χ4n) is 7.23. The third-order valence-electron chi connectivity index (χ3n) is 9.63. The first-order valence-corrected chi connectivity index (χ1v) is 17.5. The highest BCUT2D eigenvalue weighted by atomic mass is 32.1. The summed E-state index contributed by atoms with van der Waals surface area (Å²) >= 11 is 1.79. The molecule has 0 aliphatic rings. The summed E-state index contributed by atoms with van der Waals surface area (Å²) in [5.74, 6) is 0. The Morgan fingerprint density at radius 3 is 2.12 bits per heavy atom. The topological polar surface area (TPSA) is 16.4 Å². The SMILES string of the molecule is [2H]c1c([2H])c(N(Cc2cccc3oc4ccccc4c23)c2cccc(-c3ccc4sc5ccccc5c4c3)c2)c([2H])c([2H])c1-c1cccc2ccccc12. The van der Waals surface area contributed by atoms with Gasteiger partial charge in [0, 0.05) is 48.9 Å². The van der Waals surface area contributed by atoms with Crippen LogP contribution in [0.5, 0.6) is 0 Å². The number of para-hydroxylation sites is 1. The molecule has 236 valence electrons. The fourth-order valence-corrected chi connectivity index (χ4v) is 8.31. The molecule has 2 heterocycles. The van der Waals surface area contributed by atoms with E-state index in [1.807, 2.05) is 89.8 Å². The van der Waals surface area contributed by atoms with Gasteiger partial charge in [0.25, 0.3) is 0 Å². The Balaban J connectivity index is 1.18. The maximum absolute atomic E-state index is 9.56. The number of hydrogen-bond acceptors (Lipinski definition) is 3. The second kappa shape index (κ2) is 11.8. The van der Waals surface area contributed by atoms with E-state index in [0.29, 0.717) is 11.1 Å². The molecule has 50 heavy (non-hydrogen) atoms. The van der Waals surface area contributed by atoms with Gasteiger partial charge in [-0.1, -0.05) is 121 Å². The molecule has 2 aromatic heterocycles. The lowest BCUT2D eigenvalue weighted by Gasteiger charge is -2.26. The first kappa shape index (κ1) is 24.9. The highest BCUT2D eigenvalue weighted by Crippen LogP contribution is 2.40. The summed E-state index contributed by atoms with van der Waals surface area (Å²) in [7, 11) is 0. The largest absolute Gasteiger partial charge is 0.456 e. The van der Waals surface area contributed by atoms with Crippen LogP contribution in [0.3, 0.4) is 0 Å². The summed E-state index contributed by atoms with van der Waals surface area (Å²) in [6.07, 6.45) is 0. The molecule has 10 aromatic rings. The average molecular weight is 662 g/mol. The minimum Gasteiger partial charge on any atom is -0.456 e. The van der Waals surface area contributed by atoms with Crippen LogP contribution in [-0.4, -0.2) is 0 Å². The van der Waals surface area contributed by atoms with Crippen LogP contribution in [0.15, 0.2) is 180 Å². The molecule has 0 saturated heterocycles. The Labute approximate surface area is 299 Å². The number of fused-ring (bicyclic) bond motifs is 7. The summed E-state index contributed by atoms with van der Waals surface area (Å²) in [6.45, 7) is 0.281. The molecule has 0 saturated carbocycles. The van der Waals surface area contributed by atoms with Crippen molar-refractivity contribution in [2.24, 2.45) is 0 Å². The van der Waals surface area contributed by atoms with Crippen LogP contribution >= 0.6 is 11.3 Å². The molecule has 0 atom stereocenters. The lowest BCUT2D eigenvalue weighted by molar-refractivity contribution is 0.668. The van der Waals surface area contributed by atoms with Crippen LogP contribution in [0.1, 0.15) is 11.0 Å². The summed E-state index contributed by atoms with van der Waals surface area (Å²) in [5.41, 5.74) is 6.48. The molecule has 0 unspecified atom stereocenters. The van der Waals surface area contributed by atoms with Crippen LogP contribution < -0.4 is 4.90 Å². The van der Waals surface area contributed by atoms with Crippen molar-refractivity contribution in [1.82, 2.24) is 0 Å². The van der Waals surface area contributed by atoms with Crippen molar-refractivity contribution in [1.29, 1.82) is 0 Å². The molecule has 0 N–H and O–H groups in total. The van der Waals surface area contributed by atoms with Crippen molar-refractivity contribution >= 4 is 75.6 Å². The van der Waals surface area contributed by atoms with Crippen LogP contribution in [0, 0.1) is 0 Å². The molecule has 0 fully saturated rings. The minimum absolute atomic E-state index is 0.0785. The van der Waals surface area contributed by atoms with E-state index in [2.05, 4.69) is 66.7 Å². The molecule has 0 amide bonds. The van der Waals surface area contributed by atoms with Gasteiger partial charge in [-0.2, -0.15) is 0 Å². The smallest absolute Gasteiger partial charge is 0.135 e. The van der Waals surface area contributed by atoms with Gasteiger partial charge in [-0.15, -0.1) is 11.3 Å². The Morgan fingerprint density at radius 2 is 1.20 bits per heavy atom. The maximum atomic E-state index is 9.56. The lowest BCUT2D eigenvalue weighted by Crippen LogP contribution is -2.16. The molecule has 0 aliphatic heterocycles. The molecule has 3 heteroatoms. The van der Waals surface area contributed by atoms with Gasteiger partial charge in [-0.3, -0.25) is 0 Å². The summed E-state index contributed by atoms with van der Waals surface area (Å²) in [5, 5.41) is 6.24. The van der Waals surface area contributed by atoms with Crippen molar-refractivity contribution < 1.29 is 9.90 Å². The van der Waals surface area contributed by atoms with Crippen LogP contribution in [0.2, 0.25) is 0 Å². The number of hydrogen-bond donors (Lipinski definition) is 0. The van der Waals surface area contributed by atoms with Crippen molar-refractivity contribution in [2.45, 2.75) is 6.54 Å². The van der Waals surface area contributed by atoms with Crippen LogP contribution in [0.4, 0.5) is 11.4 Å². The normalized spacial score (nSPS) is 12.8. The zero-order valence-electron chi connectivity index (χ0n) is 30.9. The van der Waals surface area contributed by atoms with Gasteiger partial charge in [0.1, 0.15) is 11.2 Å². The predicted octanol–water partition coefficient (Wildman–Crippen LogP) is 13.8. The predicted molar refractivity (Wildman–Crippen MR) is 214 cm³/mol. The van der Waals surface area contributed by atoms with Gasteiger partial charge < -0.3 is 9.32 Å². The summed E-state index contributed by atoms with van der Waals surface area (Å²) in [4.78, 5) is 1.94. The third kappa shape index (κ3) is 4.86. The second-order valence-corrected chi connectivity index (χ2v) is 13.7. The number of thiophene rings is 1. The number of anilines is 2. The van der Waals surface area contributed by atoms with Crippen molar-refractivity contribution in [3.63, 3.8) is 0 Å². The first-order valence-electron chi connectivity index (χ1n) is 18.7. The molecule has 0 radical (unpaired) electrons. The number of nitrogens with zero attached hydrogens (tertiary/aromatic N) is 1. The minimum atomic E-state index is -0.0975. The van der Waals surface area contributed by atoms with E-state index in [1.54, 1.807) is 11.3 Å². The highest BCUT2D eigenvalue weighted by molar-refractivity contribution is 7.25. The molecular formula is C47H31NOS. The van der Waals surface area contributed by atoms with Gasteiger partial charge in [-0.25, -0.2) is 0 Å². The van der Waals surface area contributed by atoms with Crippen molar-refractivity contribution in [3.8, 4) is 22.3 Å². The fraction of sp³-hybridized carbons (Fsp3) is 0.0213. The second-order valence-electron chi connectivity index (χ2n) is 12.6. The quantitative estimate of drug-likeness (QED) is 0.176. The van der Waals surface area contributed by atoms with Gasteiger partial charge in [0.2, 0.25) is 0 Å². The van der Waals surface area contributed by atoms with Gasteiger partial charge in [0.15, 0.2) is 0 Å². The summed E-state index contributed by atoms with van der Waals surface area (Å²) in [6, 6.07) is 50.4. The maximum Gasteiger partial charge on any atom is 0.135 e. The highest BCUT2D eigenvalue weighted by Gasteiger charge is 2.17. The molecule has 8 aromatic carbocycles. The average Bonchev–Trinajstić information content (AvgIpc) is 3.79. The Kier molecular flexibility index (Phi) is 5.86. The van der Waals surface area contributed by atoms with E-state index in [1.165, 1.54) is 20.2 Å². The zero-order chi connectivity index (χ0) is 36.5. The Morgan fingerprint density at radius 1 is 0.500 bits per heavy atom. The third-order valence-corrected chi connectivity index (χ3v) is 10.8. The first-order chi connectivity index (χ1) is 26.4. The van der Waals surface area contributed by atoms with E-state index < -0.39 is 0 Å². The van der Waals surface area contributed by atoms with E-state index in [4.69, 9.17) is 4.42 Å². The molecular weight excluding hydrogens is 627 g/mol. The van der Waals surface area contributed by atoms with E-state index in [-0.39, 0.29) is 36.4 Å². The van der Waals surface area contributed by atoms with E-state index in [9.17, 15) is 5.48 Å². The standard InChI is InChI=1S/C47H31NOS/c1-2-15-38-31(10-1)11-8-18-39(38)32-22-25-36(26-23-32)48(30-35-13-9-20-44-47(35)41-17-3-5-19-43(41)49-44)37-14-7-12-33(28-37)34-24-27-46-42(29-34)40-16-4-6-21-45(40)50-46/h1-29H,30H2/i22D,23D,25D,26D. The molecule has 10 rings (SSSR count). The molecule has 2 nitrogen and oxygen atoms in total. The van der Waals surface area contributed by atoms with E-state index in [0.717, 1.165) is 55.1 Å². The zero-order valence-corrected chi connectivity index (χ0v) is 27.7. The van der Waals surface area contributed by atoms with Crippen LogP contribution in [0.25, 0.3) is 75.1 Å². The van der Waals surface area contributed by atoms with Crippen molar-refractivity contribution in [2.75, 3.05) is 4.90 Å². The monoisotopic (exact) mass is 661 g/mol. The Bertz CT molecular complexity index is 3070. The number of benzene rings is 8.